The van der Waals surface area contributed by atoms with E-state index in [0.29, 0.717) is 36.9 Å². The highest BCUT2D eigenvalue weighted by molar-refractivity contribution is 7.80. The van der Waals surface area contributed by atoms with E-state index in [9.17, 15) is 46.8 Å². The van der Waals surface area contributed by atoms with Crippen molar-refractivity contribution >= 4 is 68.6 Å². The maximum atomic E-state index is 14.4. The number of likely N-dealkylation sites (tertiary alicyclic amines) is 1. The van der Waals surface area contributed by atoms with Gasteiger partial charge in [-0.05, 0) is 140 Å². The van der Waals surface area contributed by atoms with Gasteiger partial charge in [0.2, 0.25) is 6.20 Å². The number of aliphatic hydroxyl groups is 1. The average Bonchev–Trinajstić information content (AvgIpc) is 3.90. The summed E-state index contributed by atoms with van der Waals surface area (Å²) in [6.07, 6.45) is 0.281. The monoisotopic (exact) mass is 1150 g/mol. The first-order chi connectivity index (χ1) is 36.2. The number of carbonyl (C=O) groups excluding carboxylic acids is 6. The Morgan fingerprint density at radius 2 is 1.53 bits per heavy atom. The van der Waals surface area contributed by atoms with Crippen LogP contribution in [0.1, 0.15) is 122 Å². The molecule has 3 aliphatic heterocycles. The van der Waals surface area contributed by atoms with Gasteiger partial charge in [0.1, 0.15) is 46.0 Å². The molecule has 2 aromatic heterocycles. The Morgan fingerprint density at radius 1 is 0.911 bits per heavy atom. The number of rotatable bonds is 17. The molecule has 0 radical (unpaired) electrons. The van der Waals surface area contributed by atoms with E-state index in [0.717, 1.165) is 28.0 Å². The number of thiazole rings is 1. The number of anilines is 1. The highest BCUT2D eigenvalue weighted by Gasteiger charge is 2.58. The molecule has 5 amide bonds. The van der Waals surface area contributed by atoms with E-state index in [4.69, 9.17) is 28.5 Å². The maximum Gasteiger partial charge on any atom is 0.418 e. The largest absolute Gasteiger partial charge is 0.485 e. The van der Waals surface area contributed by atoms with Gasteiger partial charge in [-0.3, -0.25) is 19.5 Å². The van der Waals surface area contributed by atoms with E-state index >= 15 is 0 Å². The third-order valence-electron chi connectivity index (χ3n) is 12.0. The summed E-state index contributed by atoms with van der Waals surface area (Å²) in [5.41, 5.74) is -5.35. The molecule has 2 saturated heterocycles. The molecule has 436 valence electrons. The van der Waals surface area contributed by atoms with Gasteiger partial charge in [0.15, 0.2) is 23.5 Å². The fourth-order valence-electron chi connectivity index (χ4n) is 8.35. The second kappa shape index (κ2) is 22.9. The molecular weight excluding hydrogens is 1070 g/mol. The van der Waals surface area contributed by atoms with E-state index in [1.165, 1.54) is 26.2 Å². The topological polar surface area (TPSA) is 318 Å². The van der Waals surface area contributed by atoms with Crippen LogP contribution in [0.2, 0.25) is 0 Å². The number of aromatic nitrogens is 3. The first-order valence-electron chi connectivity index (χ1n) is 25.5. The Hall–Kier alpha value is -6.62. The molecule has 5 N–H and O–H groups in total. The Morgan fingerprint density at radius 3 is 2.13 bits per heavy atom. The van der Waals surface area contributed by atoms with Crippen molar-refractivity contribution in [3.05, 3.63) is 47.2 Å². The van der Waals surface area contributed by atoms with Crippen LogP contribution in [0.4, 0.5) is 19.5 Å². The van der Waals surface area contributed by atoms with Crippen molar-refractivity contribution in [2.75, 3.05) is 25.0 Å². The van der Waals surface area contributed by atoms with Crippen LogP contribution in [0.3, 0.4) is 0 Å². The van der Waals surface area contributed by atoms with Gasteiger partial charge in [0.25, 0.3) is 17.4 Å². The van der Waals surface area contributed by atoms with Crippen LogP contribution < -0.4 is 25.4 Å². The fraction of sp³-hybridized carbons (Fsp3) is 0.627. The summed E-state index contributed by atoms with van der Waals surface area (Å²) in [5, 5.41) is 24.6. The lowest BCUT2D eigenvalue weighted by atomic mass is 9.84. The van der Waals surface area contributed by atoms with Gasteiger partial charge in [0.05, 0.1) is 30.4 Å². The Labute approximate surface area is 463 Å². The number of oxime groups is 1. The number of benzene rings is 1. The number of amides is 5. The number of carbonyl (C=O) groups is 6. The molecule has 0 saturated carbocycles. The zero-order valence-corrected chi connectivity index (χ0v) is 48.9. The minimum Gasteiger partial charge on any atom is -0.485 e. The van der Waals surface area contributed by atoms with Crippen molar-refractivity contribution < 1.29 is 84.3 Å². The second-order valence-corrected chi connectivity index (χ2v) is 26.1. The highest BCUT2D eigenvalue weighted by atomic mass is 32.3. The van der Waals surface area contributed by atoms with Gasteiger partial charge >= 0.3 is 34.6 Å². The third kappa shape index (κ3) is 16.5. The lowest BCUT2D eigenvalue weighted by Crippen LogP contribution is -2.76. The number of aliphatic hydroxyl groups excluding tert-OH is 1. The minimum absolute atomic E-state index is 0.0272. The number of hydrogen-bond donors (Lipinski definition) is 5. The van der Waals surface area contributed by atoms with E-state index < -0.39 is 104 Å². The van der Waals surface area contributed by atoms with Crippen molar-refractivity contribution in [2.24, 2.45) is 11.1 Å². The number of nitrogens with zero attached hydrogens (tertiary/aromatic N) is 6. The molecule has 6 rings (SSSR count). The molecule has 0 spiro atoms. The summed E-state index contributed by atoms with van der Waals surface area (Å²) in [5.74, 6) is -2.57. The van der Waals surface area contributed by atoms with E-state index in [1.807, 2.05) is 33.9 Å². The molecule has 1 aromatic carbocycles. The maximum absolute atomic E-state index is 14.4. The number of nitrogens with one attached hydrogen (secondary N) is 3. The third-order valence-corrected chi connectivity index (χ3v) is 13.1. The summed E-state index contributed by atoms with van der Waals surface area (Å²) in [7, 11) is -5.13. The molecule has 0 bridgehead atoms. The quantitative estimate of drug-likeness (QED) is 0.0224. The minimum atomic E-state index is -5.13. The molecule has 26 nitrogen and oxygen atoms in total. The molecule has 28 heteroatoms. The van der Waals surface area contributed by atoms with Gasteiger partial charge in [-0.1, -0.05) is 11.2 Å². The first kappa shape index (κ1) is 61.6. The van der Waals surface area contributed by atoms with Gasteiger partial charge in [0, 0.05) is 24.4 Å². The van der Waals surface area contributed by atoms with Crippen LogP contribution in [0.5, 0.6) is 5.75 Å². The summed E-state index contributed by atoms with van der Waals surface area (Å²) >= 11 is 0.885. The number of hydrogen-bond acceptors (Lipinski definition) is 19. The molecule has 0 aliphatic carbocycles. The summed E-state index contributed by atoms with van der Waals surface area (Å²) < 4.78 is 69.2. The van der Waals surface area contributed by atoms with Crippen molar-refractivity contribution in [1.29, 1.82) is 0 Å². The van der Waals surface area contributed by atoms with Gasteiger partial charge in [-0.15, -0.1) is 20.3 Å². The lowest BCUT2D eigenvalue weighted by Gasteiger charge is -2.50. The molecule has 3 aromatic rings. The predicted octanol–water partition coefficient (Wildman–Crippen LogP) is 5.05. The second-order valence-electron chi connectivity index (χ2n) is 24.2. The molecule has 4 atom stereocenters. The van der Waals surface area contributed by atoms with Crippen LogP contribution in [-0.4, -0.2) is 151 Å². The SMILES string of the molecule is CC(C)(C)OC(=O)NCC(O)C[n+]1cc(-c2ccc3c(c2)CC[C@H](C(C)(O/N=C(\C(=O)NC2C(=O)N(OS(=O)(=O)O)C2(C)C)c2csc(NC(=O)OC(C)(C)C)n2)C(=O)OC(C)(C)C)O3)cn1CC1CN(C(=O)OC(C)(C)C)C1. The van der Waals surface area contributed by atoms with Crippen molar-refractivity contribution in [2.45, 2.75) is 182 Å². The average molecular weight is 1150 g/mol. The number of β-lactam (4-membered cyclic amide) rings is 1. The van der Waals surface area contributed by atoms with Gasteiger partial charge < -0.3 is 49.2 Å². The number of esters is 1. The van der Waals surface area contributed by atoms with Crippen molar-refractivity contribution in [3.63, 3.8) is 0 Å². The smallest absolute Gasteiger partial charge is 0.418 e. The van der Waals surface area contributed by atoms with E-state index in [2.05, 4.69) is 30.4 Å². The van der Waals surface area contributed by atoms with Gasteiger partial charge in [-0.25, -0.2) is 24.2 Å². The standard InChI is InChI=1S/C51H73N9O17S2/c1-46(2,3)72-41(64)51(15,76-56-37(34-28-78-42(53-34)55-44(66)74-48(7,8)9)39(62)54-38-40(63)60(50(38,13)14)77-79(68,69)70)36-19-17-31-20-30(16-18-35(31)71-36)32-25-58(24-29-22-57(23-29)45(67)75-49(10,11)12)59(26-32)27-33(61)21-52-43(65)73-47(4,5)6/h16,18,20,25-26,28-29,33,36,38,61H,17,19,21-24,27H2,1-15H3,(H3-,52,53,54,55,62,65,66,68,69,70)/p+1/b56-37-/t33?,36-,38?,51?/m1/s1. The molecule has 3 unspecified atom stereocenters. The summed E-state index contributed by atoms with van der Waals surface area (Å²) in [4.78, 5) is 91.7. The summed E-state index contributed by atoms with van der Waals surface area (Å²) in [6.45, 7) is 26.1. The summed E-state index contributed by atoms with van der Waals surface area (Å²) in [6, 6.07) is 4.06. The lowest BCUT2D eigenvalue weighted by molar-refractivity contribution is -0.780. The Kier molecular flexibility index (Phi) is 17.8. The van der Waals surface area contributed by atoms with Crippen LogP contribution in [0.25, 0.3) is 11.1 Å². The van der Waals surface area contributed by atoms with Gasteiger partial charge in [-0.2, -0.15) is 18.2 Å². The zero-order chi connectivity index (χ0) is 59.0. The molecule has 3 aliphatic rings. The Balaban J connectivity index is 1.28. The molecule has 79 heavy (non-hydrogen) atoms. The van der Waals surface area contributed by atoms with Crippen LogP contribution in [0, 0.1) is 5.92 Å². The van der Waals surface area contributed by atoms with E-state index in [1.54, 1.807) is 94.1 Å². The Bertz CT molecular complexity index is 2920. The number of aryl methyl sites for hydroxylation is 1. The first-order valence-corrected chi connectivity index (χ1v) is 27.7. The predicted molar refractivity (Wildman–Crippen MR) is 284 cm³/mol. The number of hydroxylamine groups is 2. The fourth-order valence-corrected chi connectivity index (χ4v) is 9.48. The van der Waals surface area contributed by atoms with E-state index in [-0.39, 0.29) is 36.3 Å². The normalized spacial score (nSPS) is 19.1. The van der Waals surface area contributed by atoms with Crippen LogP contribution in [0.15, 0.2) is 41.1 Å². The number of ether oxygens (including phenoxy) is 5. The number of fused-ring (bicyclic) bond motifs is 1. The zero-order valence-electron chi connectivity index (χ0n) is 47.2. The number of alkyl carbamates (subject to hydrolysis) is 1. The molecular formula is C51H74N9O17S2+. The van der Waals surface area contributed by atoms with Crippen molar-refractivity contribution in [3.8, 4) is 16.9 Å². The molecule has 2 fully saturated rings. The van der Waals surface area contributed by atoms with Crippen LogP contribution >= 0.6 is 11.3 Å². The van der Waals surface area contributed by atoms with Crippen LogP contribution in [-0.2, 0) is 72.4 Å². The molecule has 5 heterocycles. The van der Waals surface area contributed by atoms with Crippen molar-refractivity contribution in [1.82, 2.24) is 30.3 Å². The highest BCUT2D eigenvalue weighted by Crippen LogP contribution is 2.38.